The van der Waals surface area contributed by atoms with Gasteiger partial charge in [0.1, 0.15) is 6.10 Å². The molecule has 8 heteroatoms. The predicted octanol–water partition coefficient (Wildman–Crippen LogP) is 4.33. The van der Waals surface area contributed by atoms with Crippen molar-refractivity contribution in [3.8, 4) is 0 Å². The summed E-state index contributed by atoms with van der Waals surface area (Å²) in [7, 11) is -3.86. The molecular formula is C25H32O7S. The Kier molecular flexibility index (Phi) is 7.23. The third-order valence-electron chi connectivity index (χ3n) is 5.82. The highest BCUT2D eigenvalue weighted by atomic mass is 32.2. The zero-order valence-electron chi connectivity index (χ0n) is 19.4. The van der Waals surface area contributed by atoms with Gasteiger partial charge in [0.25, 0.3) is 10.1 Å². The van der Waals surface area contributed by atoms with E-state index in [1.807, 2.05) is 51.1 Å². The number of benzene rings is 2. The van der Waals surface area contributed by atoms with E-state index in [0.29, 0.717) is 26.1 Å². The summed E-state index contributed by atoms with van der Waals surface area (Å²) in [6.07, 6.45) is 1.06. The molecule has 4 rings (SSSR count). The maximum absolute atomic E-state index is 12.5. The Bertz CT molecular complexity index is 1020. The van der Waals surface area contributed by atoms with Gasteiger partial charge < -0.3 is 18.9 Å². The van der Waals surface area contributed by atoms with Gasteiger partial charge in [0, 0.05) is 19.4 Å². The Balaban J connectivity index is 1.31. The van der Waals surface area contributed by atoms with Gasteiger partial charge in [-0.2, -0.15) is 8.42 Å². The third-order valence-corrected chi connectivity index (χ3v) is 7.12. The van der Waals surface area contributed by atoms with E-state index >= 15 is 0 Å². The number of aryl methyl sites for hydroxylation is 1. The molecule has 33 heavy (non-hydrogen) atoms. The van der Waals surface area contributed by atoms with Gasteiger partial charge in [-0.1, -0.05) is 48.0 Å². The van der Waals surface area contributed by atoms with Crippen molar-refractivity contribution in [1.82, 2.24) is 0 Å². The second-order valence-corrected chi connectivity index (χ2v) is 10.7. The van der Waals surface area contributed by atoms with Crippen molar-refractivity contribution in [2.45, 2.75) is 75.3 Å². The fraction of sp³-hybridized carbons (Fsp3) is 0.520. The summed E-state index contributed by atoms with van der Waals surface area (Å²) in [5.74, 6) is -1.70. The summed E-state index contributed by atoms with van der Waals surface area (Å²) >= 11 is 0. The molecule has 2 aromatic rings. The maximum Gasteiger partial charge on any atom is 0.297 e. The molecule has 2 fully saturated rings. The van der Waals surface area contributed by atoms with Crippen LogP contribution in [0, 0.1) is 6.92 Å². The molecule has 0 unspecified atom stereocenters. The molecule has 7 nitrogen and oxygen atoms in total. The van der Waals surface area contributed by atoms with Crippen molar-refractivity contribution in [3.05, 3.63) is 65.7 Å². The number of fused-ring (bicyclic) bond motifs is 1. The molecule has 0 bridgehead atoms. The van der Waals surface area contributed by atoms with Crippen molar-refractivity contribution < 1.29 is 31.5 Å². The molecule has 0 aromatic heterocycles. The second kappa shape index (κ2) is 9.82. The Morgan fingerprint density at radius 2 is 1.76 bits per heavy atom. The summed E-state index contributed by atoms with van der Waals surface area (Å²) in [6.45, 7) is 6.63. The standard InChI is InChI=1S/C25H32O7S/c1-19-10-12-22(13-11-19)33(26,27)29-18-21-16-23-25(30-21,32-24(2,3)31-23)14-7-15-28-17-20-8-5-4-6-9-20/h4-6,8-13,21,23H,7,14-18H2,1-3H3/t21-,23+,25+/m1/s1. The van der Waals surface area contributed by atoms with Crippen LogP contribution in [0.3, 0.4) is 0 Å². The minimum Gasteiger partial charge on any atom is -0.377 e. The number of hydrogen-bond acceptors (Lipinski definition) is 7. The lowest BCUT2D eigenvalue weighted by atomic mass is 10.0. The van der Waals surface area contributed by atoms with E-state index in [1.54, 1.807) is 24.3 Å². The number of ether oxygens (including phenoxy) is 4. The van der Waals surface area contributed by atoms with Crippen LogP contribution >= 0.6 is 0 Å². The highest BCUT2D eigenvalue weighted by molar-refractivity contribution is 7.86. The van der Waals surface area contributed by atoms with E-state index in [1.165, 1.54) is 0 Å². The summed E-state index contributed by atoms with van der Waals surface area (Å²) in [5, 5.41) is 0. The summed E-state index contributed by atoms with van der Waals surface area (Å²) in [5.41, 5.74) is 2.10. The van der Waals surface area contributed by atoms with Crippen molar-refractivity contribution in [3.63, 3.8) is 0 Å². The first-order chi connectivity index (χ1) is 15.7. The van der Waals surface area contributed by atoms with E-state index < -0.39 is 27.8 Å². The van der Waals surface area contributed by atoms with Gasteiger partial charge >= 0.3 is 0 Å². The molecule has 0 radical (unpaired) electrons. The average molecular weight is 477 g/mol. The lowest BCUT2D eigenvalue weighted by Crippen LogP contribution is -2.39. The van der Waals surface area contributed by atoms with E-state index in [0.717, 1.165) is 17.5 Å². The van der Waals surface area contributed by atoms with Crippen LogP contribution in [-0.2, 0) is 39.9 Å². The fourth-order valence-electron chi connectivity index (χ4n) is 4.33. The van der Waals surface area contributed by atoms with Crippen molar-refractivity contribution >= 4 is 10.1 Å². The molecule has 0 amide bonds. The average Bonchev–Trinajstić information content (AvgIpc) is 3.21. The van der Waals surface area contributed by atoms with Crippen LogP contribution in [0.4, 0.5) is 0 Å². The smallest absolute Gasteiger partial charge is 0.297 e. The van der Waals surface area contributed by atoms with Crippen LogP contribution in [0.15, 0.2) is 59.5 Å². The highest BCUT2D eigenvalue weighted by Gasteiger charge is 2.59. The molecule has 2 aliphatic heterocycles. The van der Waals surface area contributed by atoms with Crippen molar-refractivity contribution in [2.24, 2.45) is 0 Å². The third kappa shape index (κ3) is 6.01. The van der Waals surface area contributed by atoms with Gasteiger partial charge in [0.15, 0.2) is 11.6 Å². The Morgan fingerprint density at radius 3 is 2.48 bits per heavy atom. The van der Waals surface area contributed by atoms with Crippen LogP contribution in [0.25, 0.3) is 0 Å². The molecule has 2 aromatic carbocycles. The van der Waals surface area contributed by atoms with Crippen molar-refractivity contribution in [2.75, 3.05) is 13.2 Å². The summed E-state index contributed by atoms with van der Waals surface area (Å²) in [4.78, 5) is 0.130. The minimum atomic E-state index is -3.86. The summed E-state index contributed by atoms with van der Waals surface area (Å²) < 4.78 is 54.7. The number of rotatable bonds is 10. The molecule has 0 N–H and O–H groups in total. The first-order valence-electron chi connectivity index (χ1n) is 11.3. The van der Waals surface area contributed by atoms with E-state index in [2.05, 4.69) is 0 Å². The van der Waals surface area contributed by atoms with Crippen LogP contribution in [0.2, 0.25) is 0 Å². The van der Waals surface area contributed by atoms with Gasteiger partial charge in [0.2, 0.25) is 0 Å². The first kappa shape index (κ1) is 24.3. The van der Waals surface area contributed by atoms with Gasteiger partial charge in [-0.3, -0.25) is 4.18 Å². The molecule has 2 saturated heterocycles. The maximum atomic E-state index is 12.5. The SMILES string of the molecule is Cc1ccc(S(=O)(=O)OC[C@H]2C[C@@H]3OC(C)(C)O[C@]3(CCCOCc3ccccc3)O2)cc1. The predicted molar refractivity (Wildman–Crippen MR) is 122 cm³/mol. The molecule has 0 spiro atoms. The Labute approximate surface area is 196 Å². The second-order valence-electron chi connectivity index (χ2n) is 9.09. The lowest BCUT2D eigenvalue weighted by molar-refractivity contribution is -0.264. The van der Waals surface area contributed by atoms with Crippen molar-refractivity contribution in [1.29, 1.82) is 0 Å². The zero-order valence-corrected chi connectivity index (χ0v) is 20.2. The molecule has 0 aliphatic carbocycles. The Morgan fingerprint density at radius 1 is 1.03 bits per heavy atom. The van der Waals surface area contributed by atoms with E-state index in [-0.39, 0.29) is 17.6 Å². The largest absolute Gasteiger partial charge is 0.377 e. The van der Waals surface area contributed by atoms with Gasteiger partial charge in [-0.25, -0.2) is 0 Å². The van der Waals surface area contributed by atoms with E-state index in [4.69, 9.17) is 23.1 Å². The van der Waals surface area contributed by atoms with E-state index in [9.17, 15) is 8.42 Å². The minimum absolute atomic E-state index is 0.0912. The van der Waals surface area contributed by atoms with Gasteiger partial charge in [-0.05, 0) is 44.9 Å². The van der Waals surface area contributed by atoms with Crippen LogP contribution in [0.5, 0.6) is 0 Å². The molecule has 0 saturated carbocycles. The zero-order chi connectivity index (χ0) is 23.5. The first-order valence-corrected chi connectivity index (χ1v) is 12.7. The highest BCUT2D eigenvalue weighted by Crippen LogP contribution is 2.47. The van der Waals surface area contributed by atoms with Gasteiger partial charge in [-0.15, -0.1) is 0 Å². The lowest BCUT2D eigenvalue weighted by Gasteiger charge is -2.29. The molecule has 2 aliphatic rings. The monoisotopic (exact) mass is 476 g/mol. The molecule has 180 valence electrons. The quantitative estimate of drug-likeness (QED) is 0.373. The topological polar surface area (TPSA) is 80.3 Å². The normalized spacial score (nSPS) is 26.4. The van der Waals surface area contributed by atoms with Crippen LogP contribution in [-0.4, -0.2) is 45.4 Å². The molecular weight excluding hydrogens is 444 g/mol. The fourth-order valence-corrected chi connectivity index (χ4v) is 5.27. The van der Waals surface area contributed by atoms with Gasteiger partial charge in [0.05, 0.1) is 24.2 Å². The summed E-state index contributed by atoms with van der Waals surface area (Å²) in [6, 6.07) is 16.6. The Hall–Kier alpha value is -1.81. The molecule has 3 atom stereocenters. The van der Waals surface area contributed by atoms with Crippen LogP contribution in [0.1, 0.15) is 44.2 Å². The molecule has 2 heterocycles. The number of hydrogen-bond donors (Lipinski definition) is 0. The van der Waals surface area contributed by atoms with Crippen LogP contribution < -0.4 is 0 Å².